The summed E-state index contributed by atoms with van der Waals surface area (Å²) >= 11 is 0. The number of carbonyl (C=O) groups excluding carboxylic acids is 1. The summed E-state index contributed by atoms with van der Waals surface area (Å²) in [5.74, 6) is 2.73. The molecule has 2 heteroatoms. The molecule has 2 nitrogen and oxygen atoms in total. The van der Waals surface area contributed by atoms with E-state index in [0.29, 0.717) is 17.4 Å². The topological polar surface area (TPSA) is 26.3 Å². The molecule has 35 heavy (non-hydrogen) atoms. The van der Waals surface area contributed by atoms with Crippen molar-refractivity contribution in [2.75, 3.05) is 0 Å². The van der Waals surface area contributed by atoms with Gasteiger partial charge >= 0.3 is 5.97 Å². The van der Waals surface area contributed by atoms with Crippen molar-refractivity contribution >= 4 is 5.97 Å². The van der Waals surface area contributed by atoms with Gasteiger partial charge in [-0.15, -0.1) is 0 Å². The van der Waals surface area contributed by atoms with E-state index in [2.05, 4.69) is 68.5 Å². The number of allylic oxidation sites excluding steroid dienone is 2. The Kier molecular flexibility index (Phi) is 9.63. The molecule has 0 radical (unpaired) electrons. The lowest BCUT2D eigenvalue weighted by molar-refractivity contribution is 0.0162. The van der Waals surface area contributed by atoms with Gasteiger partial charge < -0.3 is 4.74 Å². The van der Waals surface area contributed by atoms with Gasteiger partial charge in [-0.2, -0.15) is 0 Å². The summed E-state index contributed by atoms with van der Waals surface area (Å²) in [6.07, 6.45) is 17.7. The van der Waals surface area contributed by atoms with Crippen LogP contribution in [-0.2, 0) is 4.74 Å². The number of esters is 1. The molecule has 1 unspecified atom stereocenters. The smallest absolute Gasteiger partial charge is 0.338 e. The van der Waals surface area contributed by atoms with Crippen LogP contribution in [0.15, 0.2) is 66.7 Å². The van der Waals surface area contributed by atoms with Crippen molar-refractivity contribution in [1.82, 2.24) is 0 Å². The molecule has 188 valence electrons. The van der Waals surface area contributed by atoms with Crippen molar-refractivity contribution in [2.24, 2.45) is 11.8 Å². The first-order chi connectivity index (χ1) is 17.1. The second kappa shape index (κ2) is 13.1. The Hall–Kier alpha value is -2.35. The van der Waals surface area contributed by atoms with Crippen LogP contribution in [-0.4, -0.2) is 12.1 Å². The van der Waals surface area contributed by atoms with Crippen LogP contribution in [0.3, 0.4) is 0 Å². The van der Waals surface area contributed by atoms with Crippen molar-refractivity contribution in [3.63, 3.8) is 0 Å². The van der Waals surface area contributed by atoms with E-state index in [1.165, 1.54) is 68.9 Å². The number of ether oxygens (including phenoxy) is 1. The summed E-state index contributed by atoms with van der Waals surface area (Å²) in [6.45, 7) is 4.46. The normalized spacial score (nSPS) is 25.9. The third kappa shape index (κ3) is 7.56. The average molecular weight is 473 g/mol. The fourth-order valence-corrected chi connectivity index (χ4v) is 6.30. The van der Waals surface area contributed by atoms with Gasteiger partial charge in [-0.1, -0.05) is 61.5 Å². The lowest BCUT2D eigenvalue weighted by Gasteiger charge is -2.30. The lowest BCUT2D eigenvalue weighted by atomic mass is 9.75. The van der Waals surface area contributed by atoms with Crippen molar-refractivity contribution in [3.8, 4) is 0 Å². The standard InChI is InChI=1S/C33H44O2/c1-3-4-6-9-26-14-22-32(23-15-26)35-33(34)31-20-18-30(19-21-31)29-16-12-27(13-17-29)24-25(2)28-10-7-5-8-11-28/h3-5,7-8,10-11,18-21,25-27,29,32H,6,9,12-17,22-24H2,1-2H3/b4-3+. The summed E-state index contributed by atoms with van der Waals surface area (Å²) < 4.78 is 5.87. The van der Waals surface area contributed by atoms with Gasteiger partial charge in [-0.3, -0.25) is 0 Å². The molecule has 2 saturated carbocycles. The molecule has 0 bridgehead atoms. The van der Waals surface area contributed by atoms with Gasteiger partial charge in [0.2, 0.25) is 0 Å². The molecule has 2 fully saturated rings. The minimum absolute atomic E-state index is 0.0914. The van der Waals surface area contributed by atoms with Crippen molar-refractivity contribution in [2.45, 2.75) is 102 Å². The minimum Gasteiger partial charge on any atom is -0.459 e. The Morgan fingerprint density at radius 2 is 1.54 bits per heavy atom. The van der Waals surface area contributed by atoms with Crippen LogP contribution in [0.1, 0.15) is 118 Å². The molecule has 2 aromatic carbocycles. The largest absolute Gasteiger partial charge is 0.459 e. The summed E-state index contributed by atoms with van der Waals surface area (Å²) in [5, 5.41) is 0. The quantitative estimate of drug-likeness (QED) is 0.268. The maximum Gasteiger partial charge on any atom is 0.338 e. The predicted octanol–water partition coefficient (Wildman–Crippen LogP) is 9.23. The molecule has 1 atom stereocenters. The summed E-state index contributed by atoms with van der Waals surface area (Å²) in [7, 11) is 0. The van der Waals surface area contributed by atoms with Crippen molar-refractivity contribution < 1.29 is 9.53 Å². The van der Waals surface area contributed by atoms with Crippen LogP contribution >= 0.6 is 0 Å². The van der Waals surface area contributed by atoms with Gasteiger partial charge in [0.25, 0.3) is 0 Å². The fourth-order valence-electron chi connectivity index (χ4n) is 6.30. The number of hydrogen-bond acceptors (Lipinski definition) is 2. The number of hydrogen-bond donors (Lipinski definition) is 0. The number of benzene rings is 2. The highest BCUT2D eigenvalue weighted by atomic mass is 16.5. The number of carbonyl (C=O) groups is 1. The van der Waals surface area contributed by atoms with E-state index in [1.54, 1.807) is 0 Å². The van der Waals surface area contributed by atoms with E-state index in [9.17, 15) is 4.79 Å². The van der Waals surface area contributed by atoms with Crippen LogP contribution in [0.4, 0.5) is 0 Å². The monoisotopic (exact) mass is 472 g/mol. The fraction of sp³-hybridized carbons (Fsp3) is 0.545. The average Bonchev–Trinajstić information content (AvgIpc) is 2.91. The highest BCUT2D eigenvalue weighted by Gasteiger charge is 2.26. The Labute approximate surface area is 213 Å². The van der Waals surface area contributed by atoms with E-state index >= 15 is 0 Å². The summed E-state index contributed by atoms with van der Waals surface area (Å²) in [5.41, 5.74) is 3.56. The van der Waals surface area contributed by atoms with Crippen molar-refractivity contribution in [1.29, 1.82) is 0 Å². The molecule has 0 aliphatic heterocycles. The summed E-state index contributed by atoms with van der Waals surface area (Å²) in [4.78, 5) is 12.7. The van der Waals surface area contributed by atoms with Crippen LogP contribution < -0.4 is 0 Å². The molecular formula is C33H44O2. The Balaban J connectivity index is 1.20. The third-order valence-corrected chi connectivity index (χ3v) is 8.56. The van der Waals surface area contributed by atoms with Crippen LogP contribution in [0.5, 0.6) is 0 Å². The molecular weight excluding hydrogens is 428 g/mol. The molecule has 0 spiro atoms. The zero-order chi connectivity index (χ0) is 24.5. The molecule has 0 saturated heterocycles. The Morgan fingerprint density at radius 1 is 0.886 bits per heavy atom. The van der Waals surface area contributed by atoms with Crippen molar-refractivity contribution in [3.05, 3.63) is 83.4 Å². The molecule has 0 amide bonds. The Bertz CT molecular complexity index is 913. The zero-order valence-electron chi connectivity index (χ0n) is 21.8. The number of rotatable bonds is 9. The highest BCUT2D eigenvalue weighted by molar-refractivity contribution is 5.89. The predicted molar refractivity (Wildman–Crippen MR) is 146 cm³/mol. The molecule has 2 aromatic rings. The minimum atomic E-state index is -0.146. The lowest BCUT2D eigenvalue weighted by Crippen LogP contribution is -2.24. The Morgan fingerprint density at radius 3 is 2.20 bits per heavy atom. The molecule has 2 aliphatic carbocycles. The first-order valence-electron chi connectivity index (χ1n) is 14.1. The van der Waals surface area contributed by atoms with E-state index in [0.717, 1.165) is 24.7 Å². The van der Waals surface area contributed by atoms with Crippen LogP contribution in [0.25, 0.3) is 0 Å². The van der Waals surface area contributed by atoms with Gasteiger partial charge in [-0.25, -0.2) is 4.79 Å². The summed E-state index contributed by atoms with van der Waals surface area (Å²) in [6, 6.07) is 19.3. The molecule has 0 heterocycles. The first kappa shape index (κ1) is 25.7. The van der Waals surface area contributed by atoms with Gasteiger partial charge in [0.1, 0.15) is 6.10 Å². The highest BCUT2D eigenvalue weighted by Crippen LogP contribution is 2.39. The second-order valence-corrected chi connectivity index (χ2v) is 11.1. The van der Waals surface area contributed by atoms with Crippen LogP contribution in [0, 0.1) is 11.8 Å². The maximum absolute atomic E-state index is 12.7. The maximum atomic E-state index is 12.7. The van der Waals surface area contributed by atoms with Crippen LogP contribution in [0.2, 0.25) is 0 Å². The van der Waals surface area contributed by atoms with Gasteiger partial charge in [0.15, 0.2) is 0 Å². The third-order valence-electron chi connectivity index (χ3n) is 8.56. The van der Waals surface area contributed by atoms with E-state index in [1.807, 2.05) is 12.1 Å². The van der Waals surface area contributed by atoms with E-state index < -0.39 is 0 Å². The molecule has 0 aromatic heterocycles. The van der Waals surface area contributed by atoms with Gasteiger partial charge in [0, 0.05) is 0 Å². The van der Waals surface area contributed by atoms with Gasteiger partial charge in [0.05, 0.1) is 5.56 Å². The van der Waals surface area contributed by atoms with E-state index in [4.69, 9.17) is 4.74 Å². The first-order valence-corrected chi connectivity index (χ1v) is 14.1. The second-order valence-electron chi connectivity index (χ2n) is 11.1. The molecule has 4 rings (SSSR count). The zero-order valence-corrected chi connectivity index (χ0v) is 21.8. The van der Waals surface area contributed by atoms with E-state index in [-0.39, 0.29) is 12.1 Å². The molecule has 0 N–H and O–H groups in total. The molecule has 2 aliphatic rings. The van der Waals surface area contributed by atoms with Gasteiger partial charge in [-0.05, 0) is 124 Å². The SMILES string of the molecule is C/C=C/CCC1CCC(OC(=O)c2ccc(C3CCC(CC(C)c4ccccc4)CC3)cc2)CC1.